The number of hydrogen-bond acceptors (Lipinski definition) is 0. The van der Waals surface area contributed by atoms with Crippen LogP contribution < -0.4 is 0 Å². The van der Waals surface area contributed by atoms with Crippen LogP contribution in [0.5, 0.6) is 0 Å². The van der Waals surface area contributed by atoms with Gasteiger partial charge in [0.2, 0.25) is 0 Å². The van der Waals surface area contributed by atoms with Gasteiger partial charge in [0.25, 0.3) is 0 Å². The van der Waals surface area contributed by atoms with Crippen molar-refractivity contribution in [3.05, 3.63) is 0 Å². The molecule has 4 heavy (non-hydrogen) atoms. The van der Waals surface area contributed by atoms with Gasteiger partial charge in [0.05, 0.1) is 0 Å². The van der Waals surface area contributed by atoms with E-state index < -0.39 is 0 Å². The summed E-state index contributed by atoms with van der Waals surface area (Å²) in [6, 6.07) is 0. The van der Waals surface area contributed by atoms with Gasteiger partial charge in [-0.3, -0.25) is 0 Å². The van der Waals surface area contributed by atoms with Crippen molar-refractivity contribution in [2.75, 3.05) is 0 Å². The largest absolute Gasteiger partial charge is 2.00 e. The van der Waals surface area contributed by atoms with Gasteiger partial charge in [-0.25, -0.2) is 0 Å². The fourth-order valence-corrected chi connectivity index (χ4v) is 0. The molecule has 0 rings (SSSR count). The Morgan fingerprint density at radius 3 is 0.750 bits per heavy atom. The molecule has 0 saturated carbocycles. The first-order valence-corrected chi connectivity index (χ1v) is 0. The van der Waals surface area contributed by atoms with Gasteiger partial charge in [0.1, 0.15) is 0 Å². The summed E-state index contributed by atoms with van der Waals surface area (Å²) in [5.41, 5.74) is 0. The minimum atomic E-state index is 0. The molecule has 0 aliphatic rings. The molecular formula is GeS2Zn. The molecule has 0 spiro atoms. The molecule has 0 aliphatic carbocycles. The first-order chi connectivity index (χ1) is 0. The summed E-state index contributed by atoms with van der Waals surface area (Å²) in [7, 11) is 0. The maximum absolute atomic E-state index is 0. The van der Waals surface area contributed by atoms with Crippen LogP contribution in [-0.2, 0) is 46.5 Å². The van der Waals surface area contributed by atoms with Crippen molar-refractivity contribution in [2.24, 2.45) is 0 Å². The fourth-order valence-electron chi connectivity index (χ4n) is 0. The molecule has 2 radical (unpaired) electrons. The van der Waals surface area contributed by atoms with Crippen molar-refractivity contribution in [3.63, 3.8) is 0 Å². The second-order valence-electron chi connectivity index (χ2n) is 0. The van der Waals surface area contributed by atoms with Crippen LogP contribution >= 0.6 is 0 Å². The second kappa shape index (κ2) is 20.9. The molecule has 0 bridgehead atoms. The van der Waals surface area contributed by atoms with Crippen LogP contribution in [0.3, 0.4) is 0 Å². The van der Waals surface area contributed by atoms with E-state index in [0.717, 1.165) is 0 Å². The number of hydrogen-bond donors (Lipinski definition) is 0. The molecule has 0 heterocycles. The van der Waals surface area contributed by atoms with Gasteiger partial charge in [-0.2, -0.15) is 0 Å². The predicted octanol–water partition coefficient (Wildman–Crippen LogP) is -0.388. The molecule has 0 fully saturated rings. The number of rotatable bonds is 0. The van der Waals surface area contributed by atoms with E-state index in [4.69, 9.17) is 0 Å². The van der Waals surface area contributed by atoms with E-state index in [0.29, 0.717) is 0 Å². The summed E-state index contributed by atoms with van der Waals surface area (Å²) in [6.07, 6.45) is 0. The minimum absolute atomic E-state index is 0. The monoisotopic (exact) mass is 202 g/mol. The second-order valence-corrected chi connectivity index (χ2v) is 0. The van der Waals surface area contributed by atoms with Gasteiger partial charge >= 0.3 is 37.1 Å². The van der Waals surface area contributed by atoms with E-state index in [9.17, 15) is 0 Å². The van der Waals surface area contributed by atoms with Crippen molar-refractivity contribution >= 4 is 44.6 Å². The van der Waals surface area contributed by atoms with Crippen LogP contribution in [-0.4, -0.2) is 17.6 Å². The van der Waals surface area contributed by atoms with E-state index in [2.05, 4.69) is 0 Å². The molecule has 0 nitrogen and oxygen atoms in total. The molecule has 0 aromatic rings. The molecule has 0 atom stereocenters. The molecule has 0 N–H and O–H groups in total. The quantitative estimate of drug-likeness (QED) is 0.469. The summed E-state index contributed by atoms with van der Waals surface area (Å²) < 4.78 is 0. The zero-order chi connectivity index (χ0) is 0. The van der Waals surface area contributed by atoms with Crippen LogP contribution in [0, 0.1) is 0 Å². The van der Waals surface area contributed by atoms with E-state index in [1.165, 1.54) is 0 Å². The average molecular weight is 202 g/mol. The van der Waals surface area contributed by atoms with Gasteiger partial charge in [0, 0.05) is 0 Å². The van der Waals surface area contributed by atoms with E-state index in [-0.39, 0.29) is 64.1 Å². The normalized spacial score (nSPS) is 0. The molecule has 0 aromatic carbocycles. The third-order valence-corrected chi connectivity index (χ3v) is 0. The summed E-state index contributed by atoms with van der Waals surface area (Å²) in [6.45, 7) is 0. The average Bonchev–Trinajstić information content (AvgIpc) is 0. The Balaban J connectivity index is 0. The zero-order valence-electron chi connectivity index (χ0n) is 2.02. The van der Waals surface area contributed by atoms with Crippen LogP contribution in [0.4, 0.5) is 0 Å². The smallest absolute Gasteiger partial charge is 2.00 e. The molecule has 0 saturated heterocycles. The van der Waals surface area contributed by atoms with Gasteiger partial charge in [-0.1, -0.05) is 0 Å². The fraction of sp³-hybridized carbons (Fsp3) is 0. The molecule has 4 heteroatoms. The van der Waals surface area contributed by atoms with Gasteiger partial charge < -0.3 is 27.0 Å². The first kappa shape index (κ1) is 39.9. The van der Waals surface area contributed by atoms with Gasteiger partial charge in [0.15, 0.2) is 0 Å². The molecule has 0 amide bonds. The molecule has 0 unspecified atom stereocenters. The first-order valence-electron chi connectivity index (χ1n) is 0. The topological polar surface area (TPSA) is 0 Å². The van der Waals surface area contributed by atoms with Gasteiger partial charge in [-0.05, 0) is 0 Å². The van der Waals surface area contributed by atoms with Gasteiger partial charge in [-0.15, -0.1) is 0 Å². The third kappa shape index (κ3) is 9.12. The summed E-state index contributed by atoms with van der Waals surface area (Å²) in [4.78, 5) is 0. The summed E-state index contributed by atoms with van der Waals surface area (Å²) in [5, 5.41) is 0. The Morgan fingerprint density at radius 2 is 0.750 bits per heavy atom. The Hall–Kier alpha value is 1.87. The Morgan fingerprint density at radius 1 is 0.750 bits per heavy atom. The van der Waals surface area contributed by atoms with Crippen molar-refractivity contribution in [2.45, 2.75) is 0 Å². The van der Waals surface area contributed by atoms with Crippen molar-refractivity contribution < 1.29 is 19.5 Å². The standard InChI is InChI=1S/Ge.2S.Zn/q+2;2*-2;+2. The zero-order valence-corrected chi connectivity index (χ0v) is 8.72. The molecular weight excluding hydrogens is 202 g/mol. The molecule has 0 aliphatic heterocycles. The SMILES string of the molecule is [Ge+2].[S-2].[S-2].[Zn+2]. The maximum atomic E-state index is 0. The van der Waals surface area contributed by atoms with E-state index in [1.807, 2.05) is 0 Å². The van der Waals surface area contributed by atoms with Crippen molar-refractivity contribution in [1.29, 1.82) is 0 Å². The molecule has 0 aromatic heterocycles. The van der Waals surface area contributed by atoms with Crippen molar-refractivity contribution in [3.8, 4) is 0 Å². The van der Waals surface area contributed by atoms with E-state index >= 15 is 0 Å². The summed E-state index contributed by atoms with van der Waals surface area (Å²) in [5.74, 6) is 0. The maximum Gasteiger partial charge on any atom is 2.00 e. The Labute approximate surface area is 63.7 Å². The van der Waals surface area contributed by atoms with E-state index in [1.54, 1.807) is 0 Å². The van der Waals surface area contributed by atoms with Crippen LogP contribution in [0.25, 0.3) is 0 Å². The van der Waals surface area contributed by atoms with Crippen LogP contribution in [0.2, 0.25) is 0 Å². The van der Waals surface area contributed by atoms with Crippen LogP contribution in [0.1, 0.15) is 0 Å². The van der Waals surface area contributed by atoms with Crippen LogP contribution in [0.15, 0.2) is 0 Å². The predicted molar refractivity (Wildman–Crippen MR) is 20.5 cm³/mol. The molecule has 18 valence electrons. The Bertz CT molecular complexity index is 6.00. The third-order valence-electron chi connectivity index (χ3n) is 0. The minimum Gasteiger partial charge on any atom is -2.00 e. The summed E-state index contributed by atoms with van der Waals surface area (Å²) >= 11 is 0. The van der Waals surface area contributed by atoms with Crippen molar-refractivity contribution in [1.82, 2.24) is 0 Å². The Kier molecular flexibility index (Phi) is 208.